The summed E-state index contributed by atoms with van der Waals surface area (Å²) in [7, 11) is 0. The zero-order chi connectivity index (χ0) is 17.5. The van der Waals surface area contributed by atoms with E-state index in [1.165, 1.54) is 0 Å². The molecule has 0 bridgehead atoms. The third-order valence-corrected chi connectivity index (χ3v) is 3.54. The minimum absolute atomic E-state index is 0.116. The summed E-state index contributed by atoms with van der Waals surface area (Å²) in [6, 6.07) is 12.7. The maximum Gasteiger partial charge on any atom is 0.262 e. The summed E-state index contributed by atoms with van der Waals surface area (Å²) < 4.78 is 5.64. The first-order valence-corrected chi connectivity index (χ1v) is 7.89. The molecule has 0 aromatic heterocycles. The van der Waals surface area contributed by atoms with Gasteiger partial charge in [0.05, 0.1) is 11.3 Å². The second-order valence-corrected chi connectivity index (χ2v) is 5.46. The molecular formula is C19H22N2O3. The number of ether oxygens (including phenoxy) is 1. The van der Waals surface area contributed by atoms with Crippen LogP contribution in [0.5, 0.6) is 5.75 Å². The highest BCUT2D eigenvalue weighted by atomic mass is 16.5. The Morgan fingerprint density at radius 3 is 2.33 bits per heavy atom. The normalized spacial score (nSPS) is 10.1. The number of nitrogens with one attached hydrogen (secondary N) is 2. The Labute approximate surface area is 142 Å². The van der Waals surface area contributed by atoms with Crippen LogP contribution in [-0.4, -0.2) is 25.0 Å². The fourth-order valence-electron chi connectivity index (χ4n) is 2.40. The summed E-state index contributed by atoms with van der Waals surface area (Å²) in [5, 5.41) is 5.46. The second-order valence-electron chi connectivity index (χ2n) is 5.46. The minimum Gasteiger partial charge on any atom is -0.483 e. The molecule has 0 aliphatic heterocycles. The summed E-state index contributed by atoms with van der Waals surface area (Å²) >= 11 is 0. The highest BCUT2D eigenvalue weighted by molar-refractivity contribution is 6.04. The van der Waals surface area contributed by atoms with E-state index in [4.69, 9.17) is 4.74 Å². The lowest BCUT2D eigenvalue weighted by molar-refractivity contribution is -0.118. The smallest absolute Gasteiger partial charge is 0.262 e. The van der Waals surface area contributed by atoms with Crippen LogP contribution in [0.2, 0.25) is 0 Å². The van der Waals surface area contributed by atoms with E-state index in [1.54, 1.807) is 24.3 Å². The molecule has 5 nitrogen and oxygen atoms in total. The van der Waals surface area contributed by atoms with E-state index in [0.717, 1.165) is 11.1 Å². The van der Waals surface area contributed by atoms with Gasteiger partial charge in [-0.15, -0.1) is 0 Å². The number of aryl methyl sites for hydroxylation is 2. The van der Waals surface area contributed by atoms with Gasteiger partial charge >= 0.3 is 0 Å². The number of para-hydroxylation sites is 2. The van der Waals surface area contributed by atoms with Gasteiger partial charge < -0.3 is 15.4 Å². The van der Waals surface area contributed by atoms with Crippen molar-refractivity contribution in [1.82, 2.24) is 5.32 Å². The molecule has 5 heteroatoms. The van der Waals surface area contributed by atoms with E-state index in [-0.39, 0.29) is 18.4 Å². The molecule has 0 radical (unpaired) electrons. The van der Waals surface area contributed by atoms with Crippen LogP contribution in [0, 0.1) is 13.8 Å². The standard InChI is InChI=1S/C19H22N2O3/c1-4-20-19(23)15-10-5-6-11-16(15)21-17(22)12-24-18-13(2)8-7-9-14(18)3/h5-11H,4,12H2,1-3H3,(H,20,23)(H,21,22). The number of carbonyl (C=O) groups is 2. The first kappa shape index (κ1) is 17.5. The van der Waals surface area contributed by atoms with E-state index in [2.05, 4.69) is 10.6 Å². The highest BCUT2D eigenvalue weighted by Gasteiger charge is 2.13. The Kier molecular flexibility index (Phi) is 5.95. The highest BCUT2D eigenvalue weighted by Crippen LogP contribution is 2.22. The average molecular weight is 326 g/mol. The van der Waals surface area contributed by atoms with Crippen molar-refractivity contribution in [3.8, 4) is 5.75 Å². The SMILES string of the molecule is CCNC(=O)c1ccccc1NC(=O)COc1c(C)cccc1C. The lowest BCUT2D eigenvalue weighted by atomic mass is 10.1. The van der Waals surface area contributed by atoms with Crippen LogP contribution in [0.3, 0.4) is 0 Å². The number of hydrogen-bond acceptors (Lipinski definition) is 3. The molecule has 0 spiro atoms. The molecule has 2 rings (SSSR count). The van der Waals surface area contributed by atoms with Crippen LogP contribution in [-0.2, 0) is 4.79 Å². The van der Waals surface area contributed by atoms with E-state index >= 15 is 0 Å². The van der Waals surface area contributed by atoms with E-state index in [1.807, 2.05) is 39.0 Å². The first-order valence-electron chi connectivity index (χ1n) is 7.89. The van der Waals surface area contributed by atoms with Crippen molar-refractivity contribution in [1.29, 1.82) is 0 Å². The summed E-state index contributed by atoms with van der Waals surface area (Å²) in [5.74, 6) is 0.183. The van der Waals surface area contributed by atoms with Gasteiger partial charge in [0.1, 0.15) is 5.75 Å². The molecule has 24 heavy (non-hydrogen) atoms. The van der Waals surface area contributed by atoms with E-state index in [0.29, 0.717) is 23.5 Å². The monoisotopic (exact) mass is 326 g/mol. The van der Waals surface area contributed by atoms with Gasteiger partial charge in [-0.2, -0.15) is 0 Å². The molecule has 0 aliphatic carbocycles. The Morgan fingerprint density at radius 2 is 1.67 bits per heavy atom. The van der Waals surface area contributed by atoms with Crippen molar-refractivity contribution in [3.05, 3.63) is 59.2 Å². The average Bonchev–Trinajstić information content (AvgIpc) is 2.55. The molecule has 2 aromatic carbocycles. The summed E-state index contributed by atoms with van der Waals surface area (Å²) in [6.07, 6.45) is 0. The van der Waals surface area contributed by atoms with Gasteiger partial charge in [0.15, 0.2) is 6.61 Å². The van der Waals surface area contributed by atoms with Gasteiger partial charge in [-0.3, -0.25) is 9.59 Å². The lowest BCUT2D eigenvalue weighted by Crippen LogP contribution is -2.26. The second kappa shape index (κ2) is 8.15. The van der Waals surface area contributed by atoms with Crippen LogP contribution in [0.1, 0.15) is 28.4 Å². The van der Waals surface area contributed by atoms with Gasteiger partial charge in [0.2, 0.25) is 0 Å². The van der Waals surface area contributed by atoms with Crippen LogP contribution < -0.4 is 15.4 Å². The predicted molar refractivity (Wildman–Crippen MR) is 94.5 cm³/mol. The van der Waals surface area contributed by atoms with Crippen LogP contribution >= 0.6 is 0 Å². The summed E-state index contributed by atoms with van der Waals surface area (Å²) in [6.45, 7) is 6.12. The van der Waals surface area contributed by atoms with Gasteiger partial charge in [0.25, 0.3) is 11.8 Å². The molecular weight excluding hydrogens is 304 g/mol. The molecule has 0 unspecified atom stereocenters. The van der Waals surface area contributed by atoms with Gasteiger partial charge in [-0.25, -0.2) is 0 Å². The van der Waals surface area contributed by atoms with Gasteiger partial charge in [0, 0.05) is 6.54 Å². The number of carbonyl (C=O) groups excluding carboxylic acids is 2. The molecule has 2 amide bonds. The summed E-state index contributed by atoms with van der Waals surface area (Å²) in [5.41, 5.74) is 2.86. The Morgan fingerprint density at radius 1 is 1.00 bits per heavy atom. The zero-order valence-corrected chi connectivity index (χ0v) is 14.2. The maximum atomic E-state index is 12.2. The molecule has 126 valence electrons. The van der Waals surface area contributed by atoms with Crippen molar-refractivity contribution >= 4 is 17.5 Å². The van der Waals surface area contributed by atoms with Gasteiger partial charge in [-0.05, 0) is 44.0 Å². The van der Waals surface area contributed by atoms with Crippen molar-refractivity contribution in [3.63, 3.8) is 0 Å². The van der Waals surface area contributed by atoms with Gasteiger partial charge in [-0.1, -0.05) is 30.3 Å². The van der Waals surface area contributed by atoms with E-state index in [9.17, 15) is 9.59 Å². The molecule has 2 N–H and O–H groups in total. The quantitative estimate of drug-likeness (QED) is 0.857. The number of rotatable bonds is 6. The molecule has 0 heterocycles. The minimum atomic E-state index is -0.311. The Balaban J connectivity index is 2.04. The third kappa shape index (κ3) is 4.35. The fourth-order valence-corrected chi connectivity index (χ4v) is 2.40. The van der Waals surface area contributed by atoms with Crippen molar-refractivity contribution in [2.24, 2.45) is 0 Å². The lowest BCUT2D eigenvalue weighted by Gasteiger charge is -2.13. The maximum absolute atomic E-state index is 12.2. The molecule has 0 saturated carbocycles. The topological polar surface area (TPSA) is 67.4 Å². The number of anilines is 1. The molecule has 2 aromatic rings. The zero-order valence-electron chi connectivity index (χ0n) is 14.2. The Hall–Kier alpha value is -2.82. The number of benzene rings is 2. The van der Waals surface area contributed by atoms with Crippen LogP contribution in [0.15, 0.2) is 42.5 Å². The number of amides is 2. The van der Waals surface area contributed by atoms with Crippen LogP contribution in [0.25, 0.3) is 0 Å². The summed E-state index contributed by atoms with van der Waals surface area (Å²) in [4.78, 5) is 24.2. The fraction of sp³-hybridized carbons (Fsp3) is 0.263. The Bertz CT molecular complexity index is 721. The van der Waals surface area contributed by atoms with Crippen LogP contribution in [0.4, 0.5) is 5.69 Å². The van der Waals surface area contributed by atoms with E-state index < -0.39 is 0 Å². The van der Waals surface area contributed by atoms with Crippen molar-refractivity contribution in [2.75, 3.05) is 18.5 Å². The molecule has 0 aliphatic rings. The first-order chi connectivity index (χ1) is 11.5. The number of hydrogen-bond donors (Lipinski definition) is 2. The largest absolute Gasteiger partial charge is 0.483 e. The predicted octanol–water partition coefficient (Wildman–Crippen LogP) is 3.07. The molecule has 0 atom stereocenters. The molecule has 0 fully saturated rings. The third-order valence-electron chi connectivity index (χ3n) is 3.54. The van der Waals surface area contributed by atoms with Crippen molar-refractivity contribution < 1.29 is 14.3 Å². The van der Waals surface area contributed by atoms with Crippen molar-refractivity contribution in [2.45, 2.75) is 20.8 Å². The molecule has 0 saturated heterocycles.